The van der Waals surface area contributed by atoms with E-state index < -0.39 is 5.60 Å². The SMILES string of the molecule is CC(C)(C)OC(=O)N1CCC(c2cc(Cl)c(Cl)cc2O)C1. The van der Waals surface area contributed by atoms with Crippen LogP contribution in [0.25, 0.3) is 0 Å². The van der Waals surface area contributed by atoms with Gasteiger partial charge in [-0.3, -0.25) is 0 Å². The summed E-state index contributed by atoms with van der Waals surface area (Å²) in [4.78, 5) is 13.7. The fourth-order valence-corrected chi connectivity index (χ4v) is 2.72. The molecule has 1 N–H and O–H groups in total. The third-order valence-corrected chi connectivity index (χ3v) is 4.07. The minimum absolute atomic E-state index is 0.0345. The van der Waals surface area contributed by atoms with Gasteiger partial charge in [0.25, 0.3) is 0 Å². The van der Waals surface area contributed by atoms with Crippen LogP contribution in [-0.2, 0) is 4.74 Å². The highest BCUT2D eigenvalue weighted by molar-refractivity contribution is 6.42. The van der Waals surface area contributed by atoms with Crippen LogP contribution in [0.1, 0.15) is 38.7 Å². The molecule has 6 heteroatoms. The minimum atomic E-state index is -0.513. The molecule has 0 radical (unpaired) electrons. The number of phenols is 1. The zero-order valence-corrected chi connectivity index (χ0v) is 13.8. The van der Waals surface area contributed by atoms with Crippen LogP contribution in [0.15, 0.2) is 12.1 Å². The number of hydrogen-bond acceptors (Lipinski definition) is 3. The van der Waals surface area contributed by atoms with Gasteiger partial charge in [-0.15, -0.1) is 0 Å². The number of halogens is 2. The average molecular weight is 332 g/mol. The lowest BCUT2D eigenvalue weighted by atomic mass is 9.97. The monoisotopic (exact) mass is 331 g/mol. The van der Waals surface area contributed by atoms with Crippen LogP contribution in [-0.4, -0.2) is 34.8 Å². The molecular formula is C15H19Cl2NO3. The molecule has 1 unspecified atom stereocenters. The molecule has 1 amide bonds. The van der Waals surface area contributed by atoms with Gasteiger partial charge < -0.3 is 14.7 Å². The Bertz CT molecular complexity index is 555. The lowest BCUT2D eigenvalue weighted by molar-refractivity contribution is 0.0292. The summed E-state index contributed by atoms with van der Waals surface area (Å²) < 4.78 is 5.36. The summed E-state index contributed by atoms with van der Waals surface area (Å²) in [7, 11) is 0. The Hall–Kier alpha value is -1.13. The number of hydrogen-bond donors (Lipinski definition) is 1. The number of likely N-dealkylation sites (tertiary alicyclic amines) is 1. The first kappa shape index (κ1) is 16.2. The Morgan fingerprint density at radius 3 is 2.57 bits per heavy atom. The third-order valence-electron chi connectivity index (χ3n) is 3.35. The number of carbonyl (C=O) groups is 1. The first-order chi connectivity index (χ1) is 9.67. The number of phenolic OH excluding ortho intramolecular Hbond substituents is 1. The molecule has 0 bridgehead atoms. The van der Waals surface area contributed by atoms with Gasteiger partial charge in [0.1, 0.15) is 11.4 Å². The van der Waals surface area contributed by atoms with Crippen molar-refractivity contribution in [3.63, 3.8) is 0 Å². The maximum Gasteiger partial charge on any atom is 0.410 e. The van der Waals surface area contributed by atoms with Crippen LogP contribution >= 0.6 is 23.2 Å². The molecular weight excluding hydrogens is 313 g/mol. The molecule has 4 nitrogen and oxygen atoms in total. The Morgan fingerprint density at radius 1 is 1.33 bits per heavy atom. The zero-order valence-electron chi connectivity index (χ0n) is 12.3. The molecule has 0 aliphatic carbocycles. The summed E-state index contributed by atoms with van der Waals surface area (Å²) in [6.07, 6.45) is 0.426. The predicted octanol–water partition coefficient (Wildman–Crippen LogP) is 4.42. The molecule has 2 rings (SSSR count). The van der Waals surface area contributed by atoms with Crippen molar-refractivity contribution in [1.82, 2.24) is 4.90 Å². The highest BCUT2D eigenvalue weighted by Gasteiger charge is 2.32. The average Bonchev–Trinajstić information content (AvgIpc) is 2.81. The molecule has 1 heterocycles. The van der Waals surface area contributed by atoms with E-state index in [0.717, 1.165) is 12.0 Å². The van der Waals surface area contributed by atoms with Crippen LogP contribution in [0.2, 0.25) is 10.0 Å². The molecule has 1 aromatic carbocycles. The number of amides is 1. The van der Waals surface area contributed by atoms with E-state index in [0.29, 0.717) is 23.1 Å². The van der Waals surface area contributed by atoms with Gasteiger partial charge >= 0.3 is 6.09 Å². The van der Waals surface area contributed by atoms with Gasteiger partial charge in [0.2, 0.25) is 0 Å². The maximum atomic E-state index is 12.0. The molecule has 1 aromatic rings. The molecule has 21 heavy (non-hydrogen) atoms. The van der Waals surface area contributed by atoms with Crippen LogP contribution in [0.5, 0.6) is 5.75 Å². The summed E-state index contributed by atoms with van der Waals surface area (Å²) in [6, 6.07) is 3.11. The second-order valence-electron chi connectivity index (χ2n) is 6.24. The summed E-state index contributed by atoms with van der Waals surface area (Å²) in [5.74, 6) is 0.146. The van der Waals surface area contributed by atoms with Crippen molar-refractivity contribution in [3.05, 3.63) is 27.7 Å². The van der Waals surface area contributed by atoms with Crippen LogP contribution < -0.4 is 0 Å². The van der Waals surface area contributed by atoms with Gasteiger partial charge in [-0.25, -0.2) is 4.79 Å². The molecule has 0 spiro atoms. The van der Waals surface area contributed by atoms with Gasteiger partial charge in [-0.05, 0) is 33.3 Å². The molecule has 1 aliphatic rings. The minimum Gasteiger partial charge on any atom is -0.508 e. The smallest absolute Gasteiger partial charge is 0.410 e. The Balaban J connectivity index is 2.09. The van der Waals surface area contributed by atoms with Crippen molar-refractivity contribution in [2.75, 3.05) is 13.1 Å². The molecule has 116 valence electrons. The Kier molecular flexibility index (Phi) is 4.59. The molecule has 0 saturated carbocycles. The van der Waals surface area contributed by atoms with E-state index in [-0.39, 0.29) is 17.8 Å². The van der Waals surface area contributed by atoms with E-state index in [2.05, 4.69) is 0 Å². The number of aromatic hydroxyl groups is 1. The molecule has 1 fully saturated rings. The Labute approximate surface area is 134 Å². The van der Waals surface area contributed by atoms with E-state index in [1.807, 2.05) is 20.8 Å². The van der Waals surface area contributed by atoms with Crippen molar-refractivity contribution >= 4 is 29.3 Å². The van der Waals surface area contributed by atoms with Crippen molar-refractivity contribution < 1.29 is 14.6 Å². The number of rotatable bonds is 1. The van der Waals surface area contributed by atoms with E-state index in [1.54, 1.807) is 11.0 Å². The number of benzene rings is 1. The predicted molar refractivity (Wildman–Crippen MR) is 83.3 cm³/mol. The number of nitrogens with zero attached hydrogens (tertiary/aromatic N) is 1. The van der Waals surface area contributed by atoms with E-state index in [1.165, 1.54) is 6.07 Å². The highest BCUT2D eigenvalue weighted by atomic mass is 35.5. The van der Waals surface area contributed by atoms with Gasteiger partial charge in [0, 0.05) is 30.6 Å². The van der Waals surface area contributed by atoms with Crippen molar-refractivity contribution in [2.45, 2.75) is 38.7 Å². The van der Waals surface area contributed by atoms with Crippen molar-refractivity contribution in [1.29, 1.82) is 0 Å². The standard InChI is InChI=1S/C15H19Cl2NO3/c1-15(2,3)21-14(20)18-5-4-9(8-18)10-6-11(16)12(17)7-13(10)19/h6-7,9,19H,4-5,8H2,1-3H3. The quantitative estimate of drug-likeness (QED) is 0.828. The lowest BCUT2D eigenvalue weighted by Gasteiger charge is -2.24. The maximum absolute atomic E-state index is 12.0. The summed E-state index contributed by atoms with van der Waals surface area (Å²) in [6.45, 7) is 6.61. The molecule has 1 aliphatic heterocycles. The van der Waals surface area contributed by atoms with Crippen LogP contribution in [0, 0.1) is 0 Å². The highest BCUT2D eigenvalue weighted by Crippen LogP contribution is 2.38. The summed E-state index contributed by atoms with van der Waals surface area (Å²) >= 11 is 11.9. The molecule has 0 aromatic heterocycles. The van der Waals surface area contributed by atoms with Crippen LogP contribution in [0.4, 0.5) is 4.79 Å². The normalized spacial score (nSPS) is 18.9. The summed E-state index contributed by atoms with van der Waals surface area (Å²) in [5.41, 5.74) is 0.205. The largest absolute Gasteiger partial charge is 0.508 e. The first-order valence-corrected chi connectivity index (χ1v) is 7.59. The second kappa shape index (κ2) is 5.93. The number of carbonyl (C=O) groups excluding carboxylic acids is 1. The van der Waals surface area contributed by atoms with E-state index in [4.69, 9.17) is 27.9 Å². The van der Waals surface area contributed by atoms with E-state index >= 15 is 0 Å². The van der Waals surface area contributed by atoms with Gasteiger partial charge in [0.05, 0.1) is 10.0 Å². The lowest BCUT2D eigenvalue weighted by Crippen LogP contribution is -2.35. The van der Waals surface area contributed by atoms with Crippen molar-refractivity contribution in [2.24, 2.45) is 0 Å². The van der Waals surface area contributed by atoms with Crippen molar-refractivity contribution in [3.8, 4) is 5.75 Å². The van der Waals surface area contributed by atoms with E-state index in [9.17, 15) is 9.90 Å². The third kappa shape index (κ3) is 3.95. The number of ether oxygens (including phenoxy) is 1. The van der Waals surface area contributed by atoms with Gasteiger partial charge in [-0.2, -0.15) is 0 Å². The van der Waals surface area contributed by atoms with Gasteiger partial charge in [0.15, 0.2) is 0 Å². The molecule has 1 atom stereocenters. The topological polar surface area (TPSA) is 49.8 Å². The second-order valence-corrected chi connectivity index (χ2v) is 7.05. The summed E-state index contributed by atoms with van der Waals surface area (Å²) in [5, 5.41) is 10.7. The fraction of sp³-hybridized carbons (Fsp3) is 0.533. The fourth-order valence-electron chi connectivity index (χ4n) is 2.39. The molecule has 1 saturated heterocycles. The van der Waals surface area contributed by atoms with Gasteiger partial charge in [-0.1, -0.05) is 23.2 Å². The Morgan fingerprint density at radius 2 is 1.95 bits per heavy atom. The first-order valence-electron chi connectivity index (χ1n) is 6.83. The zero-order chi connectivity index (χ0) is 15.8. The van der Waals surface area contributed by atoms with Crippen LogP contribution in [0.3, 0.4) is 0 Å².